The monoisotopic (exact) mass is 403 g/mol. The SMILES string of the molecule is CCc1ccc2c(-c3cncc(Br)c3)c(CCC(=O)O)c(CO)nn12. The smallest absolute Gasteiger partial charge is 0.303 e. The van der Waals surface area contributed by atoms with Crippen LogP contribution in [-0.2, 0) is 24.2 Å². The summed E-state index contributed by atoms with van der Waals surface area (Å²) in [6.07, 6.45) is 4.51. The molecule has 0 radical (unpaired) electrons. The van der Waals surface area contributed by atoms with Crippen molar-refractivity contribution in [2.24, 2.45) is 0 Å². The maximum atomic E-state index is 11.1. The van der Waals surface area contributed by atoms with Gasteiger partial charge < -0.3 is 10.2 Å². The van der Waals surface area contributed by atoms with E-state index in [2.05, 4.69) is 26.0 Å². The van der Waals surface area contributed by atoms with Crippen LogP contribution in [-0.4, -0.2) is 30.8 Å². The summed E-state index contributed by atoms with van der Waals surface area (Å²) < 4.78 is 2.66. The van der Waals surface area contributed by atoms with Gasteiger partial charge in [0.25, 0.3) is 0 Å². The maximum Gasteiger partial charge on any atom is 0.303 e. The van der Waals surface area contributed by atoms with Gasteiger partial charge in [-0.05, 0) is 52.5 Å². The second-order valence-electron chi connectivity index (χ2n) is 5.72. The van der Waals surface area contributed by atoms with Crippen molar-refractivity contribution in [1.29, 1.82) is 0 Å². The van der Waals surface area contributed by atoms with Gasteiger partial charge in [-0.1, -0.05) is 6.92 Å². The minimum absolute atomic E-state index is 0.0272. The summed E-state index contributed by atoms with van der Waals surface area (Å²) in [5.41, 5.74) is 4.88. The maximum absolute atomic E-state index is 11.1. The zero-order valence-corrected chi connectivity index (χ0v) is 15.3. The molecular weight excluding hydrogens is 386 g/mol. The lowest BCUT2D eigenvalue weighted by Crippen LogP contribution is -2.10. The lowest BCUT2D eigenvalue weighted by atomic mass is 9.96. The van der Waals surface area contributed by atoms with Gasteiger partial charge in [-0.15, -0.1) is 0 Å². The number of aryl methyl sites for hydroxylation is 1. The Bertz CT molecular complexity index is 937. The zero-order valence-electron chi connectivity index (χ0n) is 13.7. The Kier molecular flexibility index (Phi) is 5.15. The second kappa shape index (κ2) is 7.33. The molecule has 3 aromatic heterocycles. The van der Waals surface area contributed by atoms with E-state index in [4.69, 9.17) is 5.11 Å². The molecule has 0 saturated heterocycles. The van der Waals surface area contributed by atoms with Crippen molar-refractivity contribution >= 4 is 27.4 Å². The number of aliphatic carboxylic acids is 1. The van der Waals surface area contributed by atoms with Crippen molar-refractivity contribution in [1.82, 2.24) is 14.6 Å². The Morgan fingerprint density at radius 3 is 2.76 bits per heavy atom. The Balaban J connectivity index is 2.33. The quantitative estimate of drug-likeness (QED) is 0.659. The number of hydrogen-bond donors (Lipinski definition) is 2. The standard InChI is InChI=1S/C18H18BrN3O3/c1-2-13-3-5-16-18(11-7-12(19)9-20-8-11)14(4-6-17(24)25)15(10-23)21-22(13)16/h3,5,7-9,23H,2,4,6,10H2,1H3,(H,24,25). The number of aliphatic hydroxyl groups excluding tert-OH is 1. The number of aromatic nitrogens is 3. The van der Waals surface area contributed by atoms with Crippen LogP contribution >= 0.6 is 15.9 Å². The van der Waals surface area contributed by atoms with Crippen LogP contribution in [0.25, 0.3) is 16.6 Å². The molecule has 0 fully saturated rings. The van der Waals surface area contributed by atoms with E-state index in [1.165, 1.54) is 0 Å². The van der Waals surface area contributed by atoms with Gasteiger partial charge >= 0.3 is 5.97 Å². The molecule has 3 rings (SSSR count). The third kappa shape index (κ3) is 3.43. The highest BCUT2D eigenvalue weighted by atomic mass is 79.9. The summed E-state index contributed by atoms with van der Waals surface area (Å²) in [6.45, 7) is 1.79. The fourth-order valence-electron chi connectivity index (χ4n) is 3.02. The van der Waals surface area contributed by atoms with E-state index in [1.807, 2.05) is 29.6 Å². The molecular formula is C18H18BrN3O3. The molecule has 7 heteroatoms. The average Bonchev–Trinajstić information content (AvgIpc) is 3.01. The van der Waals surface area contributed by atoms with Crippen LogP contribution in [0.4, 0.5) is 0 Å². The Morgan fingerprint density at radius 2 is 2.12 bits per heavy atom. The average molecular weight is 404 g/mol. The highest BCUT2D eigenvalue weighted by molar-refractivity contribution is 9.10. The topological polar surface area (TPSA) is 87.7 Å². The minimum atomic E-state index is -0.883. The van der Waals surface area contributed by atoms with E-state index in [1.54, 1.807) is 12.4 Å². The number of carboxylic acid groups (broad SMARTS) is 1. The highest BCUT2D eigenvalue weighted by Gasteiger charge is 2.19. The molecule has 0 unspecified atom stereocenters. The molecule has 0 saturated carbocycles. The molecule has 0 bridgehead atoms. The first-order chi connectivity index (χ1) is 12.0. The number of nitrogens with zero attached hydrogens (tertiary/aromatic N) is 3. The van der Waals surface area contributed by atoms with Gasteiger partial charge in [0.2, 0.25) is 0 Å². The van der Waals surface area contributed by atoms with Crippen LogP contribution < -0.4 is 0 Å². The minimum Gasteiger partial charge on any atom is -0.481 e. The molecule has 130 valence electrons. The number of fused-ring (bicyclic) bond motifs is 1. The largest absolute Gasteiger partial charge is 0.481 e. The Labute approximate surface area is 153 Å². The van der Waals surface area contributed by atoms with E-state index < -0.39 is 5.97 Å². The van der Waals surface area contributed by atoms with Crippen LogP contribution in [0.2, 0.25) is 0 Å². The predicted octanol–water partition coefficient (Wildman–Crippen LogP) is 3.23. The van der Waals surface area contributed by atoms with Crippen molar-refractivity contribution in [3.05, 3.63) is 52.0 Å². The van der Waals surface area contributed by atoms with Crippen molar-refractivity contribution in [3.63, 3.8) is 0 Å². The third-order valence-corrected chi connectivity index (χ3v) is 4.59. The lowest BCUT2D eigenvalue weighted by molar-refractivity contribution is -0.136. The van der Waals surface area contributed by atoms with E-state index in [0.29, 0.717) is 12.1 Å². The molecule has 0 aliphatic carbocycles. The van der Waals surface area contributed by atoms with Gasteiger partial charge in [-0.3, -0.25) is 9.78 Å². The highest BCUT2D eigenvalue weighted by Crippen LogP contribution is 2.33. The molecule has 0 amide bonds. The van der Waals surface area contributed by atoms with Crippen molar-refractivity contribution < 1.29 is 15.0 Å². The van der Waals surface area contributed by atoms with Crippen molar-refractivity contribution in [3.8, 4) is 11.1 Å². The summed E-state index contributed by atoms with van der Waals surface area (Å²) in [5, 5.41) is 23.5. The van der Waals surface area contributed by atoms with Gasteiger partial charge in [0, 0.05) is 40.1 Å². The van der Waals surface area contributed by atoms with Gasteiger partial charge in [-0.2, -0.15) is 5.10 Å². The van der Waals surface area contributed by atoms with Crippen LogP contribution in [0, 0.1) is 0 Å². The molecule has 25 heavy (non-hydrogen) atoms. The van der Waals surface area contributed by atoms with E-state index in [9.17, 15) is 9.90 Å². The molecule has 3 heterocycles. The number of carbonyl (C=O) groups is 1. The molecule has 0 aliphatic rings. The van der Waals surface area contributed by atoms with Gasteiger partial charge in [0.1, 0.15) is 0 Å². The Morgan fingerprint density at radius 1 is 1.32 bits per heavy atom. The first-order valence-electron chi connectivity index (χ1n) is 8.01. The lowest BCUT2D eigenvalue weighted by Gasteiger charge is -2.16. The number of pyridine rings is 1. The first kappa shape index (κ1) is 17.6. The summed E-state index contributed by atoms with van der Waals surface area (Å²) in [7, 11) is 0. The molecule has 0 atom stereocenters. The fourth-order valence-corrected chi connectivity index (χ4v) is 3.39. The third-order valence-electron chi connectivity index (χ3n) is 4.16. The van der Waals surface area contributed by atoms with Gasteiger partial charge in [-0.25, -0.2) is 4.52 Å². The zero-order chi connectivity index (χ0) is 18.0. The number of carboxylic acids is 1. The van der Waals surface area contributed by atoms with Crippen LogP contribution in [0.3, 0.4) is 0 Å². The molecule has 0 spiro atoms. The van der Waals surface area contributed by atoms with E-state index in [-0.39, 0.29) is 13.0 Å². The Hall–Kier alpha value is -2.25. The van der Waals surface area contributed by atoms with Crippen LogP contribution in [0.15, 0.2) is 35.1 Å². The normalized spacial score (nSPS) is 11.2. The number of aliphatic hydroxyl groups is 1. The summed E-state index contributed by atoms with van der Waals surface area (Å²) in [4.78, 5) is 15.3. The number of hydrogen-bond acceptors (Lipinski definition) is 4. The summed E-state index contributed by atoms with van der Waals surface area (Å²) in [5.74, 6) is -0.883. The predicted molar refractivity (Wildman–Crippen MR) is 97.4 cm³/mol. The van der Waals surface area contributed by atoms with Crippen LogP contribution in [0.5, 0.6) is 0 Å². The first-order valence-corrected chi connectivity index (χ1v) is 8.80. The molecule has 0 aliphatic heterocycles. The fraction of sp³-hybridized carbons (Fsp3) is 0.278. The van der Waals surface area contributed by atoms with E-state index >= 15 is 0 Å². The van der Waals surface area contributed by atoms with Crippen molar-refractivity contribution in [2.75, 3.05) is 0 Å². The second-order valence-corrected chi connectivity index (χ2v) is 6.63. The van der Waals surface area contributed by atoms with Gasteiger partial charge in [0.05, 0.1) is 17.8 Å². The molecule has 0 aromatic carbocycles. The molecule has 2 N–H and O–H groups in total. The van der Waals surface area contributed by atoms with Gasteiger partial charge in [0.15, 0.2) is 0 Å². The molecule has 3 aromatic rings. The number of halogens is 1. The van der Waals surface area contributed by atoms with Crippen LogP contribution in [0.1, 0.15) is 30.3 Å². The van der Waals surface area contributed by atoms with Crippen molar-refractivity contribution in [2.45, 2.75) is 32.8 Å². The summed E-state index contributed by atoms with van der Waals surface area (Å²) in [6, 6.07) is 5.92. The summed E-state index contributed by atoms with van der Waals surface area (Å²) >= 11 is 3.44. The van der Waals surface area contributed by atoms with E-state index in [0.717, 1.165) is 38.8 Å². The molecule has 6 nitrogen and oxygen atoms in total. The number of rotatable bonds is 6.